The first-order valence-corrected chi connectivity index (χ1v) is 28.4. The van der Waals surface area contributed by atoms with E-state index in [0.717, 1.165) is 70.6 Å². The molecule has 0 fully saturated rings. The lowest BCUT2D eigenvalue weighted by atomic mass is 10.1. The van der Waals surface area contributed by atoms with Crippen LogP contribution in [-0.4, -0.2) is 37.2 Å². The lowest BCUT2D eigenvalue weighted by Gasteiger charge is -2.18. The summed E-state index contributed by atoms with van der Waals surface area (Å²) in [6.07, 6.45) is 70.3. The zero-order chi connectivity index (χ0) is 48.6. The number of hydrogen-bond acceptors (Lipinski definition) is 6. The topological polar surface area (TPSA) is 78.9 Å². The van der Waals surface area contributed by atoms with Gasteiger partial charge >= 0.3 is 17.9 Å². The van der Waals surface area contributed by atoms with Gasteiger partial charge in [-0.3, -0.25) is 14.4 Å². The van der Waals surface area contributed by atoms with Crippen LogP contribution in [0.5, 0.6) is 0 Å². The first kappa shape index (κ1) is 63.8. The van der Waals surface area contributed by atoms with Crippen molar-refractivity contribution in [3.05, 3.63) is 72.9 Å². The fourth-order valence-electron chi connectivity index (χ4n) is 7.84. The van der Waals surface area contributed by atoms with Gasteiger partial charge in [0, 0.05) is 19.3 Å². The summed E-state index contributed by atoms with van der Waals surface area (Å²) in [5, 5.41) is 0. The average Bonchev–Trinajstić information content (AvgIpc) is 3.33. The van der Waals surface area contributed by atoms with Crippen LogP contribution in [0.1, 0.15) is 278 Å². The summed E-state index contributed by atoms with van der Waals surface area (Å²) in [6, 6.07) is 0. The number of esters is 3. The Hall–Kier alpha value is -3.15. The van der Waals surface area contributed by atoms with Gasteiger partial charge in [-0.1, -0.05) is 222 Å². The van der Waals surface area contributed by atoms with Gasteiger partial charge in [0.05, 0.1) is 0 Å². The van der Waals surface area contributed by atoms with E-state index < -0.39 is 6.10 Å². The number of hydrogen-bond donors (Lipinski definition) is 0. The molecular formula is C61H106O6. The summed E-state index contributed by atoms with van der Waals surface area (Å²) < 4.78 is 16.8. The smallest absolute Gasteiger partial charge is 0.306 e. The van der Waals surface area contributed by atoms with Crippen LogP contribution in [-0.2, 0) is 28.6 Å². The van der Waals surface area contributed by atoms with E-state index >= 15 is 0 Å². The molecule has 0 bridgehead atoms. The number of allylic oxidation sites excluding steroid dienone is 12. The Kier molecular flexibility index (Phi) is 52.8. The van der Waals surface area contributed by atoms with Gasteiger partial charge in [0.2, 0.25) is 0 Å². The van der Waals surface area contributed by atoms with Crippen LogP contribution >= 0.6 is 0 Å². The van der Waals surface area contributed by atoms with Gasteiger partial charge in [0.1, 0.15) is 13.2 Å². The summed E-state index contributed by atoms with van der Waals surface area (Å²) in [5.41, 5.74) is 0. The first-order chi connectivity index (χ1) is 33.0. The second kappa shape index (κ2) is 55.4. The van der Waals surface area contributed by atoms with Crippen LogP contribution in [0.3, 0.4) is 0 Å². The number of ether oxygens (including phenoxy) is 3. The third-order valence-electron chi connectivity index (χ3n) is 12.2. The Bertz CT molecular complexity index is 1260. The van der Waals surface area contributed by atoms with E-state index in [2.05, 4.69) is 93.7 Å². The molecule has 0 saturated heterocycles. The molecule has 0 saturated carbocycles. The van der Waals surface area contributed by atoms with Crippen molar-refractivity contribution >= 4 is 17.9 Å². The van der Waals surface area contributed by atoms with Crippen LogP contribution in [0, 0.1) is 0 Å². The maximum Gasteiger partial charge on any atom is 0.306 e. The van der Waals surface area contributed by atoms with Crippen molar-refractivity contribution < 1.29 is 28.6 Å². The monoisotopic (exact) mass is 935 g/mol. The molecule has 0 aliphatic heterocycles. The van der Waals surface area contributed by atoms with Crippen LogP contribution < -0.4 is 0 Å². The van der Waals surface area contributed by atoms with Crippen molar-refractivity contribution in [2.45, 2.75) is 284 Å². The summed E-state index contributed by atoms with van der Waals surface area (Å²) >= 11 is 0. The minimum Gasteiger partial charge on any atom is -0.462 e. The predicted molar refractivity (Wildman–Crippen MR) is 288 cm³/mol. The van der Waals surface area contributed by atoms with Crippen molar-refractivity contribution in [2.75, 3.05) is 13.2 Å². The van der Waals surface area contributed by atoms with Gasteiger partial charge in [-0.15, -0.1) is 0 Å². The van der Waals surface area contributed by atoms with E-state index in [0.29, 0.717) is 19.3 Å². The minimum atomic E-state index is -0.802. The Balaban J connectivity index is 4.47. The molecule has 0 heterocycles. The van der Waals surface area contributed by atoms with Crippen LogP contribution in [0.4, 0.5) is 0 Å². The van der Waals surface area contributed by atoms with Crippen LogP contribution in [0.25, 0.3) is 0 Å². The SMILES string of the molecule is CCCCC/C=C\C/C=C\CCCCCCCCCC(=O)OC(COC(=O)CCC/C=C\C/C=C\C/C=C\CCCCCCCC)COC(=O)CCCCCCCCC/C=C\CCCCCC. The highest BCUT2D eigenvalue weighted by atomic mass is 16.6. The standard InChI is InChI=1S/C61H106O6/c1-4-7-10-13-16-19-22-25-28-30-33-36-39-42-45-48-51-54-60(63)66-57-58(56-65-59(62)53-50-47-44-41-38-35-32-27-24-21-18-15-12-9-6-3)67-61(64)55-52-49-46-43-40-37-34-31-29-26-23-20-17-14-11-8-5-2/h17,20-21,24-26,28-29,33,36,42,45,58H,4-16,18-19,22-23,27,30-32,34-35,37-41,43-44,46-57H2,1-3H3/b20-17-,24-21-,28-25-,29-26-,36-33-,45-42-. The molecule has 0 aromatic heterocycles. The zero-order valence-corrected chi connectivity index (χ0v) is 44.2. The molecular weight excluding hydrogens is 829 g/mol. The van der Waals surface area contributed by atoms with Gasteiger partial charge in [-0.25, -0.2) is 0 Å². The lowest BCUT2D eigenvalue weighted by molar-refractivity contribution is -0.167. The van der Waals surface area contributed by atoms with E-state index in [-0.39, 0.29) is 37.5 Å². The molecule has 0 N–H and O–H groups in total. The zero-order valence-electron chi connectivity index (χ0n) is 44.2. The number of rotatable bonds is 51. The summed E-state index contributed by atoms with van der Waals surface area (Å²) in [5.74, 6) is -0.956. The normalized spacial score (nSPS) is 12.6. The van der Waals surface area contributed by atoms with Gasteiger partial charge < -0.3 is 14.2 Å². The quantitative estimate of drug-likeness (QED) is 0.0262. The molecule has 6 heteroatoms. The van der Waals surface area contributed by atoms with Crippen molar-refractivity contribution in [2.24, 2.45) is 0 Å². The van der Waals surface area contributed by atoms with Crippen LogP contribution in [0.15, 0.2) is 72.9 Å². The van der Waals surface area contributed by atoms with Gasteiger partial charge in [0.15, 0.2) is 6.10 Å². The molecule has 386 valence electrons. The molecule has 0 amide bonds. The van der Waals surface area contributed by atoms with Crippen molar-refractivity contribution in [3.63, 3.8) is 0 Å². The molecule has 0 aromatic carbocycles. The maximum atomic E-state index is 12.8. The largest absolute Gasteiger partial charge is 0.462 e. The van der Waals surface area contributed by atoms with E-state index in [9.17, 15) is 14.4 Å². The van der Waals surface area contributed by atoms with Crippen molar-refractivity contribution in [1.29, 1.82) is 0 Å². The molecule has 0 aliphatic rings. The number of carbonyl (C=O) groups is 3. The highest BCUT2D eigenvalue weighted by Crippen LogP contribution is 2.14. The average molecular weight is 936 g/mol. The Morgan fingerprint density at radius 1 is 0.299 bits per heavy atom. The highest BCUT2D eigenvalue weighted by molar-refractivity contribution is 5.71. The third-order valence-corrected chi connectivity index (χ3v) is 12.2. The highest BCUT2D eigenvalue weighted by Gasteiger charge is 2.19. The number of unbranched alkanes of at least 4 members (excludes halogenated alkanes) is 28. The van der Waals surface area contributed by atoms with Crippen LogP contribution in [0.2, 0.25) is 0 Å². The summed E-state index contributed by atoms with van der Waals surface area (Å²) in [4.78, 5) is 38.1. The fraction of sp³-hybridized carbons (Fsp3) is 0.754. The second-order valence-corrected chi connectivity index (χ2v) is 18.8. The van der Waals surface area contributed by atoms with Gasteiger partial charge in [-0.05, 0) is 109 Å². The van der Waals surface area contributed by atoms with E-state index in [1.807, 2.05) is 0 Å². The predicted octanol–water partition coefficient (Wildman–Crippen LogP) is 19.0. The molecule has 1 unspecified atom stereocenters. The Labute approximate surface area is 414 Å². The molecule has 0 aromatic rings. The van der Waals surface area contributed by atoms with Gasteiger partial charge in [0.25, 0.3) is 0 Å². The molecule has 0 aliphatic carbocycles. The lowest BCUT2D eigenvalue weighted by Crippen LogP contribution is -2.30. The van der Waals surface area contributed by atoms with E-state index in [1.165, 1.54) is 161 Å². The Morgan fingerprint density at radius 3 is 0.955 bits per heavy atom. The maximum absolute atomic E-state index is 12.8. The molecule has 0 rings (SSSR count). The Morgan fingerprint density at radius 2 is 0.552 bits per heavy atom. The first-order valence-electron chi connectivity index (χ1n) is 28.4. The summed E-state index contributed by atoms with van der Waals surface area (Å²) in [7, 11) is 0. The molecule has 1 atom stereocenters. The van der Waals surface area contributed by atoms with Crippen molar-refractivity contribution in [3.8, 4) is 0 Å². The molecule has 0 radical (unpaired) electrons. The van der Waals surface area contributed by atoms with E-state index in [4.69, 9.17) is 14.2 Å². The van der Waals surface area contributed by atoms with Crippen molar-refractivity contribution in [1.82, 2.24) is 0 Å². The number of carbonyl (C=O) groups excluding carboxylic acids is 3. The summed E-state index contributed by atoms with van der Waals surface area (Å²) in [6.45, 7) is 6.56. The minimum absolute atomic E-state index is 0.0961. The van der Waals surface area contributed by atoms with E-state index in [1.54, 1.807) is 0 Å². The fourth-order valence-corrected chi connectivity index (χ4v) is 7.84. The second-order valence-electron chi connectivity index (χ2n) is 18.8. The molecule has 67 heavy (non-hydrogen) atoms. The van der Waals surface area contributed by atoms with Gasteiger partial charge in [-0.2, -0.15) is 0 Å². The molecule has 0 spiro atoms. The third kappa shape index (κ3) is 53.7. The molecule has 6 nitrogen and oxygen atoms in total.